The number of benzene rings is 1. The summed E-state index contributed by atoms with van der Waals surface area (Å²) in [6, 6.07) is 5.72. The van der Waals surface area contributed by atoms with Gasteiger partial charge in [-0.2, -0.15) is 0 Å². The van der Waals surface area contributed by atoms with Gasteiger partial charge < -0.3 is 15.4 Å². The van der Waals surface area contributed by atoms with Gasteiger partial charge in [-0.1, -0.05) is 6.07 Å². The lowest BCUT2D eigenvalue weighted by atomic mass is 10.1. The van der Waals surface area contributed by atoms with Crippen molar-refractivity contribution in [3.8, 4) is 5.75 Å². The molecule has 4 nitrogen and oxygen atoms in total. The molecule has 0 spiro atoms. The first-order valence-electron chi connectivity index (χ1n) is 5.36. The van der Waals surface area contributed by atoms with Gasteiger partial charge in [0.1, 0.15) is 5.75 Å². The summed E-state index contributed by atoms with van der Waals surface area (Å²) in [5.41, 5.74) is 7.90. The minimum absolute atomic E-state index is 0.104. The molecule has 0 bridgehead atoms. The minimum atomic E-state index is -0.315. The van der Waals surface area contributed by atoms with Crippen LogP contribution in [0.4, 0.5) is 4.79 Å². The molecule has 1 fully saturated rings. The summed E-state index contributed by atoms with van der Waals surface area (Å²) in [5.74, 6) is 0.591. The van der Waals surface area contributed by atoms with Crippen molar-refractivity contribution in [2.75, 3.05) is 13.1 Å². The van der Waals surface area contributed by atoms with Crippen LogP contribution in [0, 0.1) is 13.8 Å². The Labute approximate surface area is 95.0 Å². The maximum atomic E-state index is 11.6. The average Bonchev–Trinajstić information content (AvgIpc) is 2.19. The predicted molar refractivity (Wildman–Crippen MR) is 61.5 cm³/mol. The van der Waals surface area contributed by atoms with Gasteiger partial charge >= 0.3 is 6.09 Å². The summed E-state index contributed by atoms with van der Waals surface area (Å²) >= 11 is 0. The van der Waals surface area contributed by atoms with Crippen molar-refractivity contribution in [1.82, 2.24) is 4.90 Å². The molecule has 1 saturated heterocycles. The van der Waals surface area contributed by atoms with E-state index in [1.165, 1.54) is 5.56 Å². The van der Waals surface area contributed by atoms with E-state index in [-0.39, 0.29) is 12.1 Å². The first-order chi connectivity index (χ1) is 7.56. The summed E-state index contributed by atoms with van der Waals surface area (Å²) in [6.07, 6.45) is -0.315. The minimum Gasteiger partial charge on any atom is -0.410 e. The number of likely N-dealkylation sites (tertiary alicyclic amines) is 1. The molecule has 1 aliphatic heterocycles. The Morgan fingerprint density at radius 2 is 2.06 bits per heavy atom. The van der Waals surface area contributed by atoms with Gasteiger partial charge in [0.05, 0.1) is 0 Å². The lowest BCUT2D eigenvalue weighted by Gasteiger charge is -2.35. The maximum Gasteiger partial charge on any atom is 0.415 e. The van der Waals surface area contributed by atoms with Gasteiger partial charge in [-0.15, -0.1) is 0 Å². The Morgan fingerprint density at radius 1 is 1.38 bits per heavy atom. The fourth-order valence-corrected chi connectivity index (χ4v) is 1.60. The number of carbonyl (C=O) groups excluding carboxylic acids is 1. The van der Waals surface area contributed by atoms with Crippen LogP contribution >= 0.6 is 0 Å². The Kier molecular flexibility index (Phi) is 2.83. The van der Waals surface area contributed by atoms with Crippen LogP contribution in [0.25, 0.3) is 0 Å². The Balaban J connectivity index is 1.98. The molecule has 0 saturated carbocycles. The molecule has 1 amide bonds. The third kappa shape index (κ3) is 2.17. The van der Waals surface area contributed by atoms with Crippen molar-refractivity contribution in [3.63, 3.8) is 0 Å². The zero-order valence-corrected chi connectivity index (χ0v) is 9.56. The molecule has 86 valence electrons. The summed E-state index contributed by atoms with van der Waals surface area (Å²) in [7, 11) is 0. The molecule has 2 N–H and O–H groups in total. The van der Waals surface area contributed by atoms with Crippen molar-refractivity contribution in [2.45, 2.75) is 19.9 Å². The van der Waals surface area contributed by atoms with Gasteiger partial charge in [0.2, 0.25) is 0 Å². The van der Waals surface area contributed by atoms with Crippen LogP contribution in [-0.2, 0) is 0 Å². The molecule has 0 radical (unpaired) electrons. The summed E-state index contributed by atoms with van der Waals surface area (Å²) in [6.45, 7) is 5.19. The van der Waals surface area contributed by atoms with E-state index in [0.717, 1.165) is 5.56 Å². The van der Waals surface area contributed by atoms with Crippen LogP contribution in [-0.4, -0.2) is 30.1 Å². The van der Waals surface area contributed by atoms with E-state index in [0.29, 0.717) is 18.8 Å². The number of ether oxygens (including phenoxy) is 1. The predicted octanol–water partition coefficient (Wildman–Crippen LogP) is 1.45. The molecule has 0 aromatic heterocycles. The summed E-state index contributed by atoms with van der Waals surface area (Å²) in [4.78, 5) is 13.2. The molecular weight excluding hydrogens is 204 g/mol. The van der Waals surface area contributed by atoms with Crippen LogP contribution in [0.3, 0.4) is 0 Å². The highest BCUT2D eigenvalue weighted by Gasteiger charge is 2.29. The lowest BCUT2D eigenvalue weighted by Crippen LogP contribution is -2.58. The molecule has 0 unspecified atom stereocenters. The van der Waals surface area contributed by atoms with E-state index in [1.54, 1.807) is 11.0 Å². The third-order valence-corrected chi connectivity index (χ3v) is 2.85. The number of hydrogen-bond acceptors (Lipinski definition) is 3. The molecular formula is C12H16N2O2. The Bertz CT molecular complexity index is 411. The third-order valence-electron chi connectivity index (χ3n) is 2.85. The van der Waals surface area contributed by atoms with E-state index >= 15 is 0 Å². The van der Waals surface area contributed by atoms with Crippen LogP contribution in [0.5, 0.6) is 5.75 Å². The van der Waals surface area contributed by atoms with Crippen LogP contribution in [0.1, 0.15) is 11.1 Å². The highest BCUT2D eigenvalue weighted by Crippen LogP contribution is 2.18. The van der Waals surface area contributed by atoms with Crippen molar-refractivity contribution >= 4 is 6.09 Å². The van der Waals surface area contributed by atoms with Crippen molar-refractivity contribution in [1.29, 1.82) is 0 Å². The van der Waals surface area contributed by atoms with Gasteiger partial charge in [0, 0.05) is 19.1 Å². The van der Waals surface area contributed by atoms with E-state index in [4.69, 9.17) is 10.5 Å². The zero-order chi connectivity index (χ0) is 11.7. The highest BCUT2D eigenvalue weighted by atomic mass is 16.6. The van der Waals surface area contributed by atoms with Gasteiger partial charge in [-0.3, -0.25) is 0 Å². The number of aryl methyl sites for hydroxylation is 2. The monoisotopic (exact) mass is 220 g/mol. The fraction of sp³-hybridized carbons (Fsp3) is 0.417. The van der Waals surface area contributed by atoms with E-state index in [1.807, 2.05) is 26.0 Å². The highest BCUT2D eigenvalue weighted by molar-refractivity contribution is 5.71. The number of amides is 1. The van der Waals surface area contributed by atoms with Gasteiger partial charge in [-0.05, 0) is 37.1 Å². The normalized spacial score (nSPS) is 15.8. The van der Waals surface area contributed by atoms with E-state index in [2.05, 4.69) is 0 Å². The molecule has 1 aliphatic rings. The molecule has 0 aliphatic carbocycles. The SMILES string of the molecule is Cc1ccc(OC(=O)N2CC(N)C2)cc1C. The van der Waals surface area contributed by atoms with Crippen molar-refractivity contribution in [3.05, 3.63) is 29.3 Å². The molecule has 1 heterocycles. The molecule has 0 atom stereocenters. The second kappa shape index (κ2) is 4.14. The van der Waals surface area contributed by atoms with E-state index in [9.17, 15) is 4.79 Å². The first-order valence-corrected chi connectivity index (χ1v) is 5.36. The van der Waals surface area contributed by atoms with Crippen LogP contribution in [0.2, 0.25) is 0 Å². The molecule has 1 aromatic rings. The molecule has 16 heavy (non-hydrogen) atoms. The van der Waals surface area contributed by atoms with Gasteiger partial charge in [0.25, 0.3) is 0 Å². The van der Waals surface area contributed by atoms with Crippen LogP contribution < -0.4 is 10.5 Å². The molecule has 1 aromatic carbocycles. The summed E-state index contributed by atoms with van der Waals surface area (Å²) in [5, 5.41) is 0. The van der Waals surface area contributed by atoms with Crippen molar-refractivity contribution < 1.29 is 9.53 Å². The zero-order valence-electron chi connectivity index (χ0n) is 9.56. The van der Waals surface area contributed by atoms with Crippen LogP contribution in [0.15, 0.2) is 18.2 Å². The second-order valence-electron chi connectivity index (χ2n) is 4.28. The lowest BCUT2D eigenvalue weighted by molar-refractivity contribution is 0.113. The number of hydrogen-bond donors (Lipinski definition) is 1. The van der Waals surface area contributed by atoms with Gasteiger partial charge in [0.15, 0.2) is 0 Å². The maximum absolute atomic E-state index is 11.6. The summed E-state index contributed by atoms with van der Waals surface area (Å²) < 4.78 is 5.23. The number of nitrogens with zero attached hydrogens (tertiary/aromatic N) is 1. The number of rotatable bonds is 1. The molecule has 4 heteroatoms. The first kappa shape index (κ1) is 11.0. The molecule has 2 rings (SSSR count). The number of nitrogens with two attached hydrogens (primary N) is 1. The number of carbonyl (C=O) groups is 1. The van der Waals surface area contributed by atoms with E-state index < -0.39 is 0 Å². The quantitative estimate of drug-likeness (QED) is 0.779. The Hall–Kier alpha value is -1.55. The Morgan fingerprint density at radius 3 is 2.62 bits per heavy atom. The fourth-order valence-electron chi connectivity index (χ4n) is 1.60. The second-order valence-corrected chi connectivity index (χ2v) is 4.28. The van der Waals surface area contributed by atoms with Gasteiger partial charge in [-0.25, -0.2) is 4.79 Å². The van der Waals surface area contributed by atoms with Crippen molar-refractivity contribution in [2.24, 2.45) is 5.73 Å². The smallest absolute Gasteiger partial charge is 0.410 e. The topological polar surface area (TPSA) is 55.6 Å². The average molecular weight is 220 g/mol. The largest absolute Gasteiger partial charge is 0.415 e. The standard InChI is InChI=1S/C12H16N2O2/c1-8-3-4-11(5-9(8)2)16-12(15)14-6-10(13)7-14/h3-5,10H,6-7,13H2,1-2H3.